The highest BCUT2D eigenvalue weighted by Gasteiger charge is 2.31. The molecule has 136 valence electrons. The number of carbonyl (C=O) groups is 1. The second-order valence-corrected chi connectivity index (χ2v) is 7.89. The fourth-order valence-electron chi connectivity index (χ4n) is 3.02. The summed E-state index contributed by atoms with van der Waals surface area (Å²) in [6, 6.07) is 19.5. The molecule has 4 nitrogen and oxygen atoms in total. The minimum absolute atomic E-state index is 0.496. The van der Waals surface area contributed by atoms with Gasteiger partial charge in [-0.3, -0.25) is 9.69 Å². The first-order chi connectivity index (χ1) is 12.6. The van der Waals surface area contributed by atoms with Crippen LogP contribution in [0.5, 0.6) is 0 Å². The molecule has 1 unspecified atom stereocenters. The normalized spacial score (nSPS) is 16.5. The Kier molecular flexibility index (Phi) is 6.66. The molecule has 0 bridgehead atoms. The second-order valence-electron chi connectivity index (χ2n) is 6.31. The van der Waals surface area contributed by atoms with Gasteiger partial charge in [0.1, 0.15) is 10.4 Å². The van der Waals surface area contributed by atoms with E-state index in [1.54, 1.807) is 11.8 Å². The molecule has 2 aromatic carbocycles. The molecule has 26 heavy (non-hydrogen) atoms. The summed E-state index contributed by atoms with van der Waals surface area (Å²) in [5.74, 6) is -0.171. The van der Waals surface area contributed by atoms with Crippen LogP contribution in [0.2, 0.25) is 0 Å². The fourth-order valence-corrected chi connectivity index (χ4v) is 4.19. The van der Waals surface area contributed by atoms with E-state index in [4.69, 9.17) is 12.2 Å². The van der Waals surface area contributed by atoms with Crippen molar-refractivity contribution in [1.82, 2.24) is 9.80 Å². The second kappa shape index (κ2) is 9.16. The maximum atomic E-state index is 11.9. The molecule has 1 aliphatic heterocycles. The summed E-state index contributed by atoms with van der Waals surface area (Å²) < 4.78 is 0.848. The van der Waals surface area contributed by atoms with E-state index < -0.39 is 12.0 Å². The SMILES string of the molecule is O=C(O)C(Cc1ccccc1)N1CSC(=S)N(CCc2ccccc2)C1. The van der Waals surface area contributed by atoms with E-state index in [0.717, 1.165) is 22.8 Å². The Morgan fingerprint density at radius 3 is 2.31 bits per heavy atom. The first-order valence-electron chi connectivity index (χ1n) is 8.60. The third kappa shape index (κ3) is 5.06. The number of carboxylic acids is 1. The molecule has 1 heterocycles. The summed E-state index contributed by atoms with van der Waals surface area (Å²) in [5, 5.41) is 9.74. The van der Waals surface area contributed by atoms with Gasteiger partial charge in [-0.1, -0.05) is 84.6 Å². The molecule has 0 amide bonds. The number of benzene rings is 2. The first-order valence-corrected chi connectivity index (χ1v) is 9.99. The van der Waals surface area contributed by atoms with E-state index >= 15 is 0 Å². The van der Waals surface area contributed by atoms with Gasteiger partial charge in [0.05, 0.1) is 12.5 Å². The Morgan fingerprint density at radius 1 is 1.08 bits per heavy atom. The summed E-state index contributed by atoms with van der Waals surface area (Å²) in [6.45, 7) is 1.35. The molecule has 0 aromatic heterocycles. The Morgan fingerprint density at radius 2 is 1.69 bits per heavy atom. The minimum atomic E-state index is -0.787. The number of hydrogen-bond donors (Lipinski definition) is 1. The van der Waals surface area contributed by atoms with Crippen molar-refractivity contribution in [1.29, 1.82) is 0 Å². The van der Waals surface area contributed by atoms with Gasteiger partial charge in [-0.2, -0.15) is 0 Å². The van der Waals surface area contributed by atoms with Crippen molar-refractivity contribution in [2.75, 3.05) is 19.1 Å². The van der Waals surface area contributed by atoms with Crippen molar-refractivity contribution in [3.63, 3.8) is 0 Å². The Bertz CT molecular complexity index is 740. The van der Waals surface area contributed by atoms with Gasteiger partial charge in [0.25, 0.3) is 0 Å². The molecule has 3 rings (SSSR count). The van der Waals surface area contributed by atoms with Crippen LogP contribution in [0.4, 0.5) is 0 Å². The number of thioether (sulfide) groups is 1. The molecule has 0 spiro atoms. The molecule has 1 atom stereocenters. The van der Waals surface area contributed by atoms with E-state index in [1.165, 1.54) is 5.56 Å². The highest BCUT2D eigenvalue weighted by Crippen LogP contribution is 2.23. The smallest absolute Gasteiger partial charge is 0.321 e. The van der Waals surface area contributed by atoms with Crippen LogP contribution in [-0.4, -0.2) is 50.3 Å². The van der Waals surface area contributed by atoms with Gasteiger partial charge < -0.3 is 10.0 Å². The Balaban J connectivity index is 1.64. The zero-order chi connectivity index (χ0) is 18.4. The van der Waals surface area contributed by atoms with Crippen LogP contribution in [-0.2, 0) is 17.6 Å². The van der Waals surface area contributed by atoms with E-state index in [0.29, 0.717) is 19.0 Å². The molecular weight excluding hydrogens is 364 g/mol. The third-order valence-corrected chi connectivity index (χ3v) is 6.05. The summed E-state index contributed by atoms with van der Waals surface area (Å²) in [7, 11) is 0. The standard InChI is InChI=1S/C20H22N2O2S2/c23-19(24)18(13-17-9-5-2-6-10-17)22-14-21(20(25)26-15-22)12-11-16-7-3-1-4-8-16/h1-10,18H,11-15H2,(H,23,24). The van der Waals surface area contributed by atoms with Crippen LogP contribution >= 0.6 is 24.0 Å². The molecule has 0 aliphatic carbocycles. The summed E-state index contributed by atoms with van der Waals surface area (Å²) in [4.78, 5) is 16.0. The summed E-state index contributed by atoms with van der Waals surface area (Å²) in [5.41, 5.74) is 2.30. The van der Waals surface area contributed by atoms with E-state index in [9.17, 15) is 9.90 Å². The first kappa shape index (κ1) is 18.9. The van der Waals surface area contributed by atoms with E-state index in [1.807, 2.05) is 53.4 Å². The Hall–Kier alpha value is -1.89. The number of carboxylic acid groups (broad SMARTS) is 1. The molecule has 2 aromatic rings. The van der Waals surface area contributed by atoms with Gasteiger partial charge in [0.2, 0.25) is 0 Å². The van der Waals surface area contributed by atoms with Crippen LogP contribution in [0, 0.1) is 0 Å². The van der Waals surface area contributed by atoms with Crippen LogP contribution in [0.15, 0.2) is 60.7 Å². The van der Waals surface area contributed by atoms with Crippen LogP contribution < -0.4 is 0 Å². The number of rotatable bonds is 7. The van der Waals surface area contributed by atoms with Crippen LogP contribution in [0.3, 0.4) is 0 Å². The average molecular weight is 387 g/mol. The van der Waals surface area contributed by atoms with Gasteiger partial charge in [-0.05, 0) is 24.0 Å². The quantitative estimate of drug-likeness (QED) is 0.735. The molecular formula is C20H22N2O2S2. The van der Waals surface area contributed by atoms with Gasteiger partial charge in [0, 0.05) is 6.54 Å². The number of aliphatic carboxylic acids is 1. The number of hydrogen-bond acceptors (Lipinski definition) is 4. The maximum absolute atomic E-state index is 11.9. The molecule has 1 fully saturated rings. The predicted octanol–water partition coefficient (Wildman–Crippen LogP) is 3.48. The van der Waals surface area contributed by atoms with E-state index in [-0.39, 0.29) is 0 Å². The molecule has 1 aliphatic rings. The Labute approximate surface area is 163 Å². The number of thiocarbonyl (C=S) groups is 1. The lowest BCUT2D eigenvalue weighted by Crippen LogP contribution is -2.52. The molecule has 0 radical (unpaired) electrons. The molecule has 0 saturated carbocycles. The van der Waals surface area contributed by atoms with Gasteiger partial charge in [-0.15, -0.1) is 0 Å². The molecule has 6 heteroatoms. The maximum Gasteiger partial charge on any atom is 0.321 e. The van der Waals surface area contributed by atoms with Crippen molar-refractivity contribution in [2.45, 2.75) is 18.9 Å². The third-order valence-electron chi connectivity index (χ3n) is 4.48. The summed E-state index contributed by atoms with van der Waals surface area (Å²) in [6.07, 6.45) is 1.39. The number of nitrogens with zero attached hydrogens (tertiary/aromatic N) is 2. The van der Waals surface area contributed by atoms with Crippen LogP contribution in [0.1, 0.15) is 11.1 Å². The lowest BCUT2D eigenvalue weighted by atomic mass is 10.1. The summed E-state index contributed by atoms with van der Waals surface area (Å²) >= 11 is 7.04. The largest absolute Gasteiger partial charge is 0.480 e. The van der Waals surface area contributed by atoms with Gasteiger partial charge >= 0.3 is 5.97 Å². The van der Waals surface area contributed by atoms with Crippen molar-refractivity contribution < 1.29 is 9.90 Å². The minimum Gasteiger partial charge on any atom is -0.480 e. The zero-order valence-corrected chi connectivity index (χ0v) is 16.1. The lowest BCUT2D eigenvalue weighted by molar-refractivity contribution is -0.143. The average Bonchev–Trinajstić information content (AvgIpc) is 2.67. The van der Waals surface area contributed by atoms with Crippen LogP contribution in [0.25, 0.3) is 0 Å². The van der Waals surface area contributed by atoms with E-state index in [2.05, 4.69) is 17.0 Å². The molecule has 1 saturated heterocycles. The zero-order valence-electron chi connectivity index (χ0n) is 14.5. The van der Waals surface area contributed by atoms with Gasteiger partial charge in [0.15, 0.2) is 0 Å². The fraction of sp³-hybridized carbons (Fsp3) is 0.300. The monoisotopic (exact) mass is 386 g/mol. The van der Waals surface area contributed by atoms with Crippen molar-refractivity contribution in [3.05, 3.63) is 71.8 Å². The lowest BCUT2D eigenvalue weighted by Gasteiger charge is -2.39. The van der Waals surface area contributed by atoms with Crippen molar-refractivity contribution in [2.24, 2.45) is 0 Å². The van der Waals surface area contributed by atoms with Crippen molar-refractivity contribution in [3.8, 4) is 0 Å². The highest BCUT2D eigenvalue weighted by atomic mass is 32.2. The molecule has 1 N–H and O–H groups in total. The topological polar surface area (TPSA) is 43.8 Å². The van der Waals surface area contributed by atoms with Crippen molar-refractivity contribution >= 4 is 34.3 Å². The highest BCUT2D eigenvalue weighted by molar-refractivity contribution is 8.22. The predicted molar refractivity (Wildman–Crippen MR) is 110 cm³/mol. The van der Waals surface area contributed by atoms with Gasteiger partial charge in [-0.25, -0.2) is 0 Å².